The fourth-order valence-electron chi connectivity index (χ4n) is 2.54. The van der Waals surface area contributed by atoms with E-state index in [9.17, 15) is 14.4 Å². The van der Waals surface area contributed by atoms with Crippen LogP contribution in [0.2, 0.25) is 0 Å². The molecule has 154 valence electrons. The van der Waals surface area contributed by atoms with Gasteiger partial charge in [0.15, 0.2) is 0 Å². The molecule has 4 N–H and O–H groups in total. The van der Waals surface area contributed by atoms with E-state index in [1.807, 2.05) is 27.7 Å². The molecule has 0 bridgehead atoms. The van der Waals surface area contributed by atoms with Crippen LogP contribution in [0.1, 0.15) is 48.4 Å². The van der Waals surface area contributed by atoms with Gasteiger partial charge in [-0.2, -0.15) is 0 Å². The summed E-state index contributed by atoms with van der Waals surface area (Å²) >= 11 is 0. The number of carbonyl (C=O) groups is 3. The molecule has 0 aliphatic carbocycles. The Morgan fingerprint density at radius 3 is 2.17 bits per heavy atom. The van der Waals surface area contributed by atoms with E-state index in [2.05, 4.69) is 21.3 Å². The molecule has 0 aliphatic heterocycles. The molecule has 0 fully saturated rings. The lowest BCUT2D eigenvalue weighted by atomic mass is 10.1. The third-order valence-electron chi connectivity index (χ3n) is 3.83. The van der Waals surface area contributed by atoms with E-state index in [-0.39, 0.29) is 29.8 Å². The molecule has 0 saturated heterocycles. The van der Waals surface area contributed by atoms with Crippen LogP contribution < -0.4 is 21.3 Å². The molecule has 3 amide bonds. The van der Waals surface area contributed by atoms with Crippen molar-refractivity contribution < 1.29 is 14.4 Å². The topological polar surface area (TPSA) is 99.3 Å². The smallest absolute Gasteiger partial charge is 0.251 e. The first kappa shape index (κ1) is 21.9. The molecular formula is C22H28N4O3. The van der Waals surface area contributed by atoms with Gasteiger partial charge in [-0.15, -0.1) is 0 Å². The van der Waals surface area contributed by atoms with Crippen molar-refractivity contribution in [3.63, 3.8) is 0 Å². The van der Waals surface area contributed by atoms with Crippen LogP contribution in [0, 0.1) is 0 Å². The van der Waals surface area contributed by atoms with Gasteiger partial charge in [-0.25, -0.2) is 0 Å². The molecule has 29 heavy (non-hydrogen) atoms. The lowest BCUT2D eigenvalue weighted by molar-refractivity contribution is -0.114. The highest BCUT2D eigenvalue weighted by atomic mass is 16.2. The average Bonchev–Trinajstić information content (AvgIpc) is 2.66. The first-order chi connectivity index (χ1) is 13.7. The SMILES string of the molecule is CCNC(=O)c1cccc(NCC(=O)Nc2ccc(C(=O)NC(C)(C)C)cc2)c1. The number of rotatable bonds is 7. The predicted octanol–water partition coefficient (Wildman–Crippen LogP) is 3.02. The fourth-order valence-corrected chi connectivity index (χ4v) is 2.54. The Kier molecular flexibility index (Phi) is 7.36. The van der Waals surface area contributed by atoms with Gasteiger partial charge in [-0.1, -0.05) is 6.07 Å². The predicted molar refractivity (Wildman–Crippen MR) is 115 cm³/mol. The number of nitrogens with one attached hydrogen (secondary N) is 4. The third-order valence-corrected chi connectivity index (χ3v) is 3.83. The van der Waals surface area contributed by atoms with Gasteiger partial charge in [-0.05, 0) is 70.2 Å². The van der Waals surface area contributed by atoms with Crippen molar-refractivity contribution in [3.05, 3.63) is 59.7 Å². The first-order valence-electron chi connectivity index (χ1n) is 9.52. The molecule has 0 spiro atoms. The van der Waals surface area contributed by atoms with Crippen molar-refractivity contribution in [2.75, 3.05) is 23.7 Å². The van der Waals surface area contributed by atoms with Gasteiger partial charge in [0, 0.05) is 34.6 Å². The number of hydrogen-bond donors (Lipinski definition) is 4. The van der Waals surface area contributed by atoms with Crippen molar-refractivity contribution in [2.45, 2.75) is 33.2 Å². The van der Waals surface area contributed by atoms with Crippen molar-refractivity contribution in [1.29, 1.82) is 0 Å². The zero-order chi connectivity index (χ0) is 21.4. The maximum Gasteiger partial charge on any atom is 0.251 e. The van der Waals surface area contributed by atoms with Crippen molar-refractivity contribution in [3.8, 4) is 0 Å². The third kappa shape index (κ3) is 7.29. The van der Waals surface area contributed by atoms with Crippen LogP contribution in [0.5, 0.6) is 0 Å². The zero-order valence-electron chi connectivity index (χ0n) is 17.3. The second-order valence-electron chi connectivity index (χ2n) is 7.62. The Bertz CT molecular complexity index is 870. The molecule has 2 aromatic carbocycles. The van der Waals surface area contributed by atoms with Crippen LogP contribution in [-0.2, 0) is 4.79 Å². The highest BCUT2D eigenvalue weighted by molar-refractivity contribution is 5.97. The molecule has 0 saturated carbocycles. The molecule has 0 atom stereocenters. The minimum Gasteiger partial charge on any atom is -0.376 e. The Hall–Kier alpha value is -3.35. The second-order valence-corrected chi connectivity index (χ2v) is 7.62. The quantitative estimate of drug-likeness (QED) is 0.578. The standard InChI is InChI=1S/C22H28N4O3/c1-5-23-20(28)16-7-6-8-18(13-16)24-14-19(27)25-17-11-9-15(10-12-17)21(29)26-22(2,3)4/h6-13,24H,5,14H2,1-4H3,(H,23,28)(H,25,27)(H,26,29). The molecule has 7 nitrogen and oxygen atoms in total. The highest BCUT2D eigenvalue weighted by Gasteiger charge is 2.15. The lowest BCUT2D eigenvalue weighted by Gasteiger charge is -2.20. The molecule has 2 aromatic rings. The Morgan fingerprint density at radius 1 is 0.862 bits per heavy atom. The average molecular weight is 396 g/mol. The summed E-state index contributed by atoms with van der Waals surface area (Å²) in [7, 11) is 0. The van der Waals surface area contributed by atoms with E-state index >= 15 is 0 Å². The zero-order valence-corrected chi connectivity index (χ0v) is 17.3. The summed E-state index contributed by atoms with van der Waals surface area (Å²) in [4.78, 5) is 36.2. The van der Waals surface area contributed by atoms with E-state index in [4.69, 9.17) is 0 Å². The van der Waals surface area contributed by atoms with Crippen molar-refractivity contribution in [2.24, 2.45) is 0 Å². The van der Waals surface area contributed by atoms with Crippen molar-refractivity contribution in [1.82, 2.24) is 10.6 Å². The molecule has 2 rings (SSSR count). The van der Waals surface area contributed by atoms with Gasteiger partial charge in [0.05, 0.1) is 6.54 Å². The van der Waals surface area contributed by atoms with E-state index in [1.54, 1.807) is 48.5 Å². The summed E-state index contributed by atoms with van der Waals surface area (Å²) in [6, 6.07) is 13.7. The van der Waals surface area contributed by atoms with Gasteiger partial charge in [0.1, 0.15) is 0 Å². The summed E-state index contributed by atoms with van der Waals surface area (Å²) < 4.78 is 0. The van der Waals surface area contributed by atoms with Gasteiger partial charge >= 0.3 is 0 Å². The van der Waals surface area contributed by atoms with Crippen LogP contribution in [0.25, 0.3) is 0 Å². The van der Waals surface area contributed by atoms with Crippen LogP contribution in [-0.4, -0.2) is 36.3 Å². The summed E-state index contributed by atoms with van der Waals surface area (Å²) in [5.41, 5.74) is 2.02. The van der Waals surface area contributed by atoms with Gasteiger partial charge in [-0.3, -0.25) is 14.4 Å². The summed E-state index contributed by atoms with van der Waals surface area (Å²) in [6.07, 6.45) is 0. The fraction of sp³-hybridized carbons (Fsp3) is 0.318. The van der Waals surface area contributed by atoms with Gasteiger partial charge in [0.25, 0.3) is 11.8 Å². The van der Waals surface area contributed by atoms with E-state index in [0.29, 0.717) is 29.0 Å². The van der Waals surface area contributed by atoms with E-state index in [1.165, 1.54) is 0 Å². The normalized spacial score (nSPS) is 10.8. The highest BCUT2D eigenvalue weighted by Crippen LogP contribution is 2.13. The number of anilines is 2. The molecule has 7 heteroatoms. The Morgan fingerprint density at radius 2 is 1.55 bits per heavy atom. The summed E-state index contributed by atoms with van der Waals surface area (Å²) in [5, 5.41) is 11.4. The van der Waals surface area contributed by atoms with Crippen LogP contribution in [0.15, 0.2) is 48.5 Å². The maximum atomic E-state index is 12.2. The van der Waals surface area contributed by atoms with Crippen LogP contribution in [0.4, 0.5) is 11.4 Å². The largest absolute Gasteiger partial charge is 0.376 e. The first-order valence-corrected chi connectivity index (χ1v) is 9.52. The number of benzene rings is 2. The minimum atomic E-state index is -0.315. The molecule has 0 aliphatic rings. The minimum absolute atomic E-state index is 0.0467. The van der Waals surface area contributed by atoms with Gasteiger partial charge in [0.2, 0.25) is 5.91 Å². The molecular weight excluding hydrogens is 368 g/mol. The van der Waals surface area contributed by atoms with Crippen LogP contribution >= 0.6 is 0 Å². The maximum absolute atomic E-state index is 12.2. The number of amides is 3. The molecule has 0 aromatic heterocycles. The van der Waals surface area contributed by atoms with Gasteiger partial charge < -0.3 is 21.3 Å². The van der Waals surface area contributed by atoms with E-state index < -0.39 is 0 Å². The lowest BCUT2D eigenvalue weighted by Crippen LogP contribution is -2.40. The van der Waals surface area contributed by atoms with E-state index in [0.717, 1.165) is 0 Å². The molecule has 0 heterocycles. The molecule has 0 radical (unpaired) electrons. The second kappa shape index (κ2) is 9.73. The number of carbonyl (C=O) groups excluding carboxylic acids is 3. The van der Waals surface area contributed by atoms with Crippen molar-refractivity contribution >= 4 is 29.1 Å². The summed E-state index contributed by atoms with van der Waals surface area (Å²) in [5.74, 6) is -0.555. The molecule has 0 unspecified atom stereocenters. The monoisotopic (exact) mass is 396 g/mol. The number of hydrogen-bond acceptors (Lipinski definition) is 4. The Labute approximate surface area is 171 Å². The summed E-state index contributed by atoms with van der Waals surface area (Å²) in [6.45, 7) is 8.20. The van der Waals surface area contributed by atoms with Crippen LogP contribution in [0.3, 0.4) is 0 Å². The Balaban J connectivity index is 1.89.